The fourth-order valence-electron chi connectivity index (χ4n) is 1.83. The van der Waals surface area contributed by atoms with Crippen molar-refractivity contribution in [1.82, 2.24) is 10.2 Å². The molecule has 0 saturated heterocycles. The van der Waals surface area contributed by atoms with Crippen molar-refractivity contribution < 1.29 is 19.1 Å². The van der Waals surface area contributed by atoms with E-state index in [-0.39, 0.29) is 12.1 Å². The summed E-state index contributed by atoms with van der Waals surface area (Å²) in [4.78, 5) is 36.6. The van der Waals surface area contributed by atoms with Crippen molar-refractivity contribution in [2.45, 2.75) is 6.42 Å². The molecule has 20 heavy (non-hydrogen) atoms. The summed E-state index contributed by atoms with van der Waals surface area (Å²) < 4.78 is 4.43. The first-order valence-corrected chi connectivity index (χ1v) is 6.07. The molecule has 6 nitrogen and oxygen atoms in total. The van der Waals surface area contributed by atoms with Gasteiger partial charge in [-0.1, -0.05) is 18.2 Å². The molecule has 0 spiro atoms. The zero-order valence-corrected chi connectivity index (χ0v) is 11.0. The first-order chi connectivity index (χ1) is 9.63. The van der Waals surface area contributed by atoms with Gasteiger partial charge in [0, 0.05) is 11.9 Å². The van der Waals surface area contributed by atoms with Gasteiger partial charge < -0.3 is 10.1 Å². The number of hydrogen-bond donors (Lipinski definition) is 1. The van der Waals surface area contributed by atoms with Gasteiger partial charge in [-0.3, -0.25) is 19.3 Å². The predicted molar refractivity (Wildman–Crippen MR) is 70.9 cm³/mol. The monoisotopic (exact) mass is 274 g/mol. The number of rotatable bonds is 3. The molecule has 2 rings (SSSR count). The van der Waals surface area contributed by atoms with Gasteiger partial charge in [0.25, 0.3) is 11.8 Å². The van der Waals surface area contributed by atoms with Gasteiger partial charge in [0.05, 0.1) is 7.11 Å². The molecule has 0 aromatic heterocycles. The second kappa shape index (κ2) is 6.01. The third-order valence-electron chi connectivity index (χ3n) is 2.86. The highest BCUT2D eigenvalue weighted by molar-refractivity contribution is 6.19. The Kier molecular flexibility index (Phi) is 4.14. The summed E-state index contributed by atoms with van der Waals surface area (Å²) in [6.45, 7) is -0.268. The van der Waals surface area contributed by atoms with Crippen molar-refractivity contribution in [2.75, 3.05) is 13.7 Å². The van der Waals surface area contributed by atoms with E-state index in [9.17, 15) is 14.4 Å². The maximum Gasteiger partial charge on any atom is 0.325 e. The lowest BCUT2D eigenvalue weighted by Crippen LogP contribution is -2.37. The average Bonchev–Trinajstić information content (AvgIpc) is 2.64. The number of amides is 2. The minimum absolute atomic E-state index is 0.0140. The van der Waals surface area contributed by atoms with Crippen molar-refractivity contribution >= 4 is 17.8 Å². The van der Waals surface area contributed by atoms with Crippen molar-refractivity contribution in [2.24, 2.45) is 0 Å². The van der Waals surface area contributed by atoms with Gasteiger partial charge >= 0.3 is 5.97 Å². The van der Waals surface area contributed by atoms with Crippen LogP contribution < -0.4 is 5.32 Å². The SMILES string of the molecule is COC(=O)CNC(=O)C1=CCC=C2C=CC=CN2C1=O. The Labute approximate surface area is 116 Å². The number of ether oxygens (including phenoxy) is 1. The molecule has 0 unspecified atom stereocenters. The zero-order valence-electron chi connectivity index (χ0n) is 11.0. The highest BCUT2D eigenvalue weighted by Gasteiger charge is 2.26. The van der Waals surface area contributed by atoms with Crippen LogP contribution in [0.3, 0.4) is 0 Å². The van der Waals surface area contributed by atoms with Crippen LogP contribution in [0.4, 0.5) is 0 Å². The Morgan fingerprint density at radius 2 is 2.15 bits per heavy atom. The third kappa shape index (κ3) is 2.85. The Bertz CT molecular complexity index is 570. The maximum atomic E-state index is 12.3. The number of methoxy groups -OCH3 is 1. The first-order valence-electron chi connectivity index (χ1n) is 6.07. The fraction of sp³-hybridized carbons (Fsp3) is 0.214. The van der Waals surface area contributed by atoms with Crippen LogP contribution in [0.5, 0.6) is 0 Å². The molecular formula is C14H14N2O4. The van der Waals surface area contributed by atoms with E-state index < -0.39 is 17.8 Å². The number of nitrogens with one attached hydrogen (secondary N) is 1. The summed E-state index contributed by atoms with van der Waals surface area (Å²) in [6, 6.07) is 0. The van der Waals surface area contributed by atoms with Crippen molar-refractivity contribution in [3.05, 3.63) is 47.9 Å². The van der Waals surface area contributed by atoms with Gasteiger partial charge in [-0.2, -0.15) is 0 Å². The van der Waals surface area contributed by atoms with Gasteiger partial charge in [0.2, 0.25) is 0 Å². The molecule has 2 aliphatic heterocycles. The van der Waals surface area contributed by atoms with Crippen molar-refractivity contribution in [3.8, 4) is 0 Å². The number of hydrogen-bond acceptors (Lipinski definition) is 4. The highest BCUT2D eigenvalue weighted by Crippen LogP contribution is 2.20. The summed E-state index contributed by atoms with van der Waals surface area (Å²) in [5.74, 6) is -1.57. The van der Waals surface area contributed by atoms with E-state index in [2.05, 4.69) is 10.1 Å². The molecule has 0 bridgehead atoms. The van der Waals surface area contributed by atoms with Gasteiger partial charge in [-0.05, 0) is 18.6 Å². The predicted octanol–water partition coefficient (Wildman–Crippen LogP) is 0.402. The molecule has 0 radical (unpaired) electrons. The lowest BCUT2D eigenvalue weighted by Gasteiger charge is -2.21. The first kappa shape index (κ1) is 13.8. The van der Waals surface area contributed by atoms with Crippen LogP contribution in [-0.2, 0) is 19.1 Å². The number of allylic oxidation sites excluding steroid dienone is 5. The minimum atomic E-state index is -0.585. The van der Waals surface area contributed by atoms with E-state index in [1.54, 1.807) is 24.4 Å². The van der Waals surface area contributed by atoms with Crippen LogP contribution >= 0.6 is 0 Å². The average molecular weight is 274 g/mol. The molecule has 0 fully saturated rings. The standard InChI is InChI=1S/C14H14N2O4/c1-20-12(17)9-15-13(18)11-7-4-6-10-5-2-3-8-16(10)14(11)19/h2-3,5-8H,4,9H2,1H3,(H,15,18). The van der Waals surface area contributed by atoms with Gasteiger partial charge in [-0.15, -0.1) is 0 Å². The van der Waals surface area contributed by atoms with Crippen LogP contribution in [0.25, 0.3) is 0 Å². The number of nitrogens with zero attached hydrogens (tertiary/aromatic N) is 1. The summed E-state index contributed by atoms with van der Waals surface area (Å²) in [5.41, 5.74) is 0.740. The van der Waals surface area contributed by atoms with Gasteiger partial charge in [-0.25, -0.2) is 0 Å². The lowest BCUT2D eigenvalue weighted by atomic mass is 10.2. The molecule has 0 aromatic carbocycles. The van der Waals surface area contributed by atoms with Crippen molar-refractivity contribution in [1.29, 1.82) is 0 Å². The summed E-state index contributed by atoms with van der Waals surface area (Å²) >= 11 is 0. The molecule has 2 amide bonds. The van der Waals surface area contributed by atoms with Crippen molar-refractivity contribution in [3.63, 3.8) is 0 Å². The normalized spacial score (nSPS) is 16.9. The summed E-state index contributed by atoms with van der Waals surface area (Å²) in [5, 5.41) is 2.36. The molecule has 0 saturated carbocycles. The number of fused-ring (bicyclic) bond motifs is 1. The largest absolute Gasteiger partial charge is 0.468 e. The molecule has 2 heterocycles. The molecule has 6 heteroatoms. The van der Waals surface area contributed by atoms with E-state index in [1.807, 2.05) is 12.2 Å². The van der Waals surface area contributed by atoms with E-state index in [4.69, 9.17) is 0 Å². The lowest BCUT2D eigenvalue weighted by molar-refractivity contribution is -0.141. The number of esters is 1. The quantitative estimate of drug-likeness (QED) is 0.597. The van der Waals surface area contributed by atoms with E-state index in [1.165, 1.54) is 12.0 Å². The minimum Gasteiger partial charge on any atom is -0.468 e. The maximum absolute atomic E-state index is 12.3. The zero-order chi connectivity index (χ0) is 14.5. The molecule has 2 aliphatic rings. The molecule has 104 valence electrons. The van der Waals surface area contributed by atoms with Crippen LogP contribution in [0.1, 0.15) is 6.42 Å². The molecule has 0 atom stereocenters. The van der Waals surface area contributed by atoms with Crippen LogP contribution in [0.2, 0.25) is 0 Å². The Hall–Kier alpha value is -2.63. The number of carbonyl (C=O) groups excluding carboxylic acids is 3. The highest BCUT2D eigenvalue weighted by atomic mass is 16.5. The second-order valence-corrected chi connectivity index (χ2v) is 4.12. The molecule has 1 N–H and O–H groups in total. The summed E-state index contributed by atoms with van der Waals surface area (Å²) in [7, 11) is 1.23. The van der Waals surface area contributed by atoms with Crippen LogP contribution in [0, 0.1) is 0 Å². The van der Waals surface area contributed by atoms with Crippen LogP contribution in [0.15, 0.2) is 47.9 Å². The Balaban J connectivity index is 2.10. The molecular weight excluding hydrogens is 260 g/mol. The smallest absolute Gasteiger partial charge is 0.325 e. The fourth-order valence-corrected chi connectivity index (χ4v) is 1.83. The second-order valence-electron chi connectivity index (χ2n) is 4.12. The summed E-state index contributed by atoms with van der Waals surface area (Å²) in [6.07, 6.45) is 10.8. The topological polar surface area (TPSA) is 75.7 Å². The molecule has 0 aromatic rings. The Morgan fingerprint density at radius 1 is 1.35 bits per heavy atom. The molecule has 0 aliphatic carbocycles. The number of carbonyl (C=O) groups is 3. The van der Waals surface area contributed by atoms with E-state index in [0.29, 0.717) is 6.42 Å². The van der Waals surface area contributed by atoms with Gasteiger partial charge in [0.15, 0.2) is 0 Å². The third-order valence-corrected chi connectivity index (χ3v) is 2.86. The van der Waals surface area contributed by atoms with Gasteiger partial charge in [0.1, 0.15) is 12.1 Å². The van der Waals surface area contributed by atoms with Crippen LogP contribution in [-0.4, -0.2) is 36.3 Å². The van der Waals surface area contributed by atoms with E-state index in [0.717, 1.165) is 5.70 Å². The Morgan fingerprint density at radius 3 is 2.90 bits per heavy atom. The van der Waals surface area contributed by atoms with E-state index >= 15 is 0 Å².